The Bertz CT molecular complexity index is 268. The van der Waals surface area contributed by atoms with E-state index in [0.717, 1.165) is 18.5 Å². The van der Waals surface area contributed by atoms with Gasteiger partial charge in [-0.15, -0.1) is 0 Å². The van der Waals surface area contributed by atoms with E-state index in [-0.39, 0.29) is 5.92 Å². The Morgan fingerprint density at radius 3 is 2.71 bits per heavy atom. The highest BCUT2D eigenvalue weighted by atomic mass is 16.3. The third kappa shape index (κ3) is 2.33. The van der Waals surface area contributed by atoms with Crippen LogP contribution < -0.4 is 5.73 Å². The standard InChI is InChI=1S/C10H19N3O/c1-3-8(5-11)10(14)9-6-12-13(4-2)7-9/h6-8,10,14H,3-5,11H2,1-2H3. The van der Waals surface area contributed by atoms with Crippen LogP contribution in [0.4, 0.5) is 0 Å². The number of aryl methyl sites for hydroxylation is 1. The number of hydrogen-bond acceptors (Lipinski definition) is 3. The van der Waals surface area contributed by atoms with E-state index in [2.05, 4.69) is 5.10 Å². The fourth-order valence-electron chi connectivity index (χ4n) is 1.50. The van der Waals surface area contributed by atoms with E-state index < -0.39 is 6.10 Å². The lowest BCUT2D eigenvalue weighted by molar-refractivity contribution is 0.110. The van der Waals surface area contributed by atoms with Gasteiger partial charge in [0.25, 0.3) is 0 Å². The Hall–Kier alpha value is -0.870. The second-order valence-electron chi connectivity index (χ2n) is 3.48. The maximum absolute atomic E-state index is 9.96. The van der Waals surface area contributed by atoms with Crippen molar-refractivity contribution in [1.29, 1.82) is 0 Å². The molecule has 4 heteroatoms. The molecule has 0 amide bonds. The summed E-state index contributed by atoms with van der Waals surface area (Å²) in [4.78, 5) is 0. The highest BCUT2D eigenvalue weighted by Crippen LogP contribution is 2.22. The summed E-state index contributed by atoms with van der Waals surface area (Å²) >= 11 is 0. The first-order valence-electron chi connectivity index (χ1n) is 5.13. The number of aliphatic hydroxyl groups is 1. The Morgan fingerprint density at radius 2 is 2.29 bits per heavy atom. The second-order valence-corrected chi connectivity index (χ2v) is 3.48. The van der Waals surface area contributed by atoms with E-state index in [1.54, 1.807) is 6.20 Å². The van der Waals surface area contributed by atoms with Gasteiger partial charge in [-0.05, 0) is 19.9 Å². The number of rotatable bonds is 5. The van der Waals surface area contributed by atoms with Crippen LogP contribution in [0.1, 0.15) is 31.9 Å². The monoisotopic (exact) mass is 197 g/mol. The lowest BCUT2D eigenvalue weighted by Gasteiger charge is -2.18. The van der Waals surface area contributed by atoms with Crippen molar-refractivity contribution < 1.29 is 5.11 Å². The molecular weight excluding hydrogens is 178 g/mol. The molecule has 1 aromatic rings. The molecule has 0 radical (unpaired) electrons. The fourth-order valence-corrected chi connectivity index (χ4v) is 1.50. The minimum Gasteiger partial charge on any atom is -0.388 e. The summed E-state index contributed by atoms with van der Waals surface area (Å²) in [6.45, 7) is 5.38. The van der Waals surface area contributed by atoms with Crippen molar-refractivity contribution in [2.75, 3.05) is 6.54 Å². The van der Waals surface area contributed by atoms with E-state index in [0.29, 0.717) is 6.54 Å². The molecule has 0 bridgehead atoms. The minimum atomic E-state index is -0.481. The first kappa shape index (κ1) is 11.2. The summed E-state index contributed by atoms with van der Waals surface area (Å²) in [6.07, 6.45) is 4.00. The maximum Gasteiger partial charge on any atom is 0.0860 e. The fraction of sp³-hybridized carbons (Fsp3) is 0.700. The van der Waals surface area contributed by atoms with Crippen molar-refractivity contribution in [3.05, 3.63) is 18.0 Å². The third-order valence-electron chi connectivity index (χ3n) is 2.59. The molecule has 1 heterocycles. The Balaban J connectivity index is 2.72. The molecule has 0 aromatic carbocycles. The molecule has 80 valence electrons. The zero-order chi connectivity index (χ0) is 10.6. The summed E-state index contributed by atoms with van der Waals surface area (Å²) in [5, 5.41) is 14.1. The van der Waals surface area contributed by atoms with Crippen molar-refractivity contribution >= 4 is 0 Å². The highest BCUT2D eigenvalue weighted by Gasteiger charge is 2.18. The Kier molecular flexibility index (Phi) is 4.10. The van der Waals surface area contributed by atoms with E-state index >= 15 is 0 Å². The van der Waals surface area contributed by atoms with E-state index in [1.165, 1.54) is 0 Å². The number of nitrogens with two attached hydrogens (primary N) is 1. The maximum atomic E-state index is 9.96. The van der Waals surface area contributed by atoms with Crippen molar-refractivity contribution in [3.63, 3.8) is 0 Å². The summed E-state index contributed by atoms with van der Waals surface area (Å²) in [5.41, 5.74) is 6.44. The summed E-state index contributed by atoms with van der Waals surface area (Å²) in [5.74, 6) is 0.129. The summed E-state index contributed by atoms with van der Waals surface area (Å²) < 4.78 is 1.81. The van der Waals surface area contributed by atoms with Crippen LogP contribution in [0.3, 0.4) is 0 Å². The number of hydrogen-bond donors (Lipinski definition) is 2. The van der Waals surface area contributed by atoms with Gasteiger partial charge >= 0.3 is 0 Å². The van der Waals surface area contributed by atoms with Crippen LogP contribution in [-0.4, -0.2) is 21.4 Å². The van der Waals surface area contributed by atoms with Crippen LogP contribution in [0.15, 0.2) is 12.4 Å². The van der Waals surface area contributed by atoms with Crippen molar-refractivity contribution in [1.82, 2.24) is 9.78 Å². The molecule has 1 rings (SSSR count). The number of aromatic nitrogens is 2. The van der Waals surface area contributed by atoms with Crippen LogP contribution in [0, 0.1) is 5.92 Å². The van der Waals surface area contributed by atoms with E-state index in [4.69, 9.17) is 5.73 Å². The molecule has 1 aromatic heterocycles. The van der Waals surface area contributed by atoms with Gasteiger partial charge in [-0.1, -0.05) is 6.92 Å². The average molecular weight is 197 g/mol. The van der Waals surface area contributed by atoms with Gasteiger partial charge in [0.2, 0.25) is 0 Å². The molecule has 0 aliphatic carbocycles. The van der Waals surface area contributed by atoms with Crippen LogP contribution in [0.5, 0.6) is 0 Å². The van der Waals surface area contributed by atoms with Crippen LogP contribution in [0.25, 0.3) is 0 Å². The van der Waals surface area contributed by atoms with Crippen LogP contribution in [0.2, 0.25) is 0 Å². The normalized spacial score (nSPS) is 15.4. The molecule has 4 nitrogen and oxygen atoms in total. The molecule has 0 spiro atoms. The molecule has 2 unspecified atom stereocenters. The quantitative estimate of drug-likeness (QED) is 0.737. The summed E-state index contributed by atoms with van der Waals surface area (Å²) in [7, 11) is 0. The molecule has 0 saturated heterocycles. The first-order chi connectivity index (χ1) is 6.72. The van der Waals surface area contributed by atoms with E-state index in [9.17, 15) is 5.11 Å². The van der Waals surface area contributed by atoms with Crippen molar-refractivity contribution in [2.45, 2.75) is 32.9 Å². The smallest absolute Gasteiger partial charge is 0.0860 e. The SMILES string of the molecule is CCC(CN)C(O)c1cnn(CC)c1. The van der Waals surface area contributed by atoms with Crippen molar-refractivity contribution in [3.8, 4) is 0 Å². The predicted molar refractivity (Wildman–Crippen MR) is 55.7 cm³/mol. The lowest BCUT2D eigenvalue weighted by atomic mass is 9.96. The molecule has 0 fully saturated rings. The zero-order valence-corrected chi connectivity index (χ0v) is 8.85. The zero-order valence-electron chi connectivity index (χ0n) is 8.85. The molecule has 0 aliphatic heterocycles. The van der Waals surface area contributed by atoms with Crippen molar-refractivity contribution in [2.24, 2.45) is 11.7 Å². The largest absolute Gasteiger partial charge is 0.388 e. The van der Waals surface area contributed by atoms with Gasteiger partial charge in [0.15, 0.2) is 0 Å². The van der Waals surface area contributed by atoms with E-state index in [1.807, 2.05) is 24.7 Å². The van der Waals surface area contributed by atoms with Gasteiger partial charge in [0, 0.05) is 24.2 Å². The van der Waals surface area contributed by atoms with Gasteiger partial charge in [0.1, 0.15) is 0 Å². The molecule has 14 heavy (non-hydrogen) atoms. The van der Waals surface area contributed by atoms with Crippen LogP contribution in [-0.2, 0) is 6.54 Å². The second kappa shape index (κ2) is 5.12. The van der Waals surface area contributed by atoms with Crippen LogP contribution >= 0.6 is 0 Å². The highest BCUT2D eigenvalue weighted by molar-refractivity contribution is 5.09. The number of nitrogens with zero attached hydrogens (tertiary/aromatic N) is 2. The van der Waals surface area contributed by atoms with Gasteiger partial charge in [-0.3, -0.25) is 4.68 Å². The summed E-state index contributed by atoms with van der Waals surface area (Å²) in [6, 6.07) is 0. The third-order valence-corrected chi connectivity index (χ3v) is 2.59. The Labute approximate surface area is 84.7 Å². The molecule has 0 saturated carbocycles. The first-order valence-corrected chi connectivity index (χ1v) is 5.13. The minimum absolute atomic E-state index is 0.129. The van der Waals surface area contributed by atoms with Gasteiger partial charge in [0.05, 0.1) is 12.3 Å². The van der Waals surface area contributed by atoms with Gasteiger partial charge < -0.3 is 10.8 Å². The number of aliphatic hydroxyl groups excluding tert-OH is 1. The topological polar surface area (TPSA) is 64.1 Å². The molecule has 0 aliphatic rings. The molecule has 3 N–H and O–H groups in total. The Morgan fingerprint density at radius 1 is 1.57 bits per heavy atom. The predicted octanol–water partition coefficient (Wildman–Crippen LogP) is 0.921. The molecule has 2 atom stereocenters. The molecular formula is C10H19N3O. The van der Waals surface area contributed by atoms with Gasteiger partial charge in [-0.2, -0.15) is 5.10 Å². The average Bonchev–Trinajstić information content (AvgIpc) is 2.67. The lowest BCUT2D eigenvalue weighted by Crippen LogP contribution is -2.20. The van der Waals surface area contributed by atoms with Gasteiger partial charge in [-0.25, -0.2) is 0 Å².